The number of hydrogen-bond donors (Lipinski definition) is 1. The maximum Gasteiger partial charge on any atom is 0.417 e. The first-order valence-corrected chi connectivity index (χ1v) is 9.49. The molecule has 1 aromatic carbocycles. The molecule has 0 radical (unpaired) electrons. The number of rotatable bonds is 8. The summed E-state index contributed by atoms with van der Waals surface area (Å²) in [5.41, 5.74) is -1.57. The van der Waals surface area contributed by atoms with Crippen LogP contribution in [0, 0.1) is 11.3 Å². The molecule has 1 N–H and O–H groups in total. The Morgan fingerprint density at radius 2 is 1.97 bits per heavy atom. The molecule has 0 spiro atoms. The van der Waals surface area contributed by atoms with Crippen molar-refractivity contribution in [2.24, 2.45) is 0 Å². The maximum absolute atomic E-state index is 13.5. The first kappa shape index (κ1) is 23.0. The lowest BCUT2D eigenvalue weighted by atomic mass is 10.1. The number of alkyl halides is 3. The number of thioether (sulfide) groups is 1. The third-order valence-corrected chi connectivity index (χ3v) is 4.61. The highest BCUT2D eigenvalue weighted by molar-refractivity contribution is 8.00. The van der Waals surface area contributed by atoms with Gasteiger partial charge in [-0.1, -0.05) is 11.8 Å². The average molecular weight is 438 g/mol. The SMILES string of the molecule is CCOc1ccc(-c2cc(C(F)(F)F)c(C#N)c(SCC(=O)NCC(=O)[O-])n2)cc1. The van der Waals surface area contributed by atoms with Gasteiger partial charge in [-0.3, -0.25) is 4.79 Å². The highest BCUT2D eigenvalue weighted by Crippen LogP contribution is 2.38. The highest BCUT2D eigenvalue weighted by Gasteiger charge is 2.36. The fourth-order valence-corrected chi connectivity index (χ4v) is 3.18. The first-order valence-electron chi connectivity index (χ1n) is 8.50. The first-order chi connectivity index (χ1) is 14.2. The molecule has 0 saturated carbocycles. The van der Waals surface area contributed by atoms with Crippen LogP contribution in [0.15, 0.2) is 35.4 Å². The van der Waals surface area contributed by atoms with Gasteiger partial charge in [-0.05, 0) is 37.3 Å². The van der Waals surface area contributed by atoms with Crippen LogP contribution in [0.2, 0.25) is 0 Å². The molecule has 1 aromatic heterocycles. The Labute approximate surface area is 173 Å². The number of carbonyl (C=O) groups is 2. The molecular formula is C19H15F3N3O4S-. The highest BCUT2D eigenvalue weighted by atomic mass is 32.2. The molecule has 0 fully saturated rings. The van der Waals surface area contributed by atoms with E-state index in [9.17, 15) is 33.1 Å². The molecule has 158 valence electrons. The number of pyridine rings is 1. The van der Waals surface area contributed by atoms with Crippen LogP contribution in [-0.4, -0.2) is 35.8 Å². The summed E-state index contributed by atoms with van der Waals surface area (Å²) in [6.07, 6.45) is -4.82. The lowest BCUT2D eigenvalue weighted by Gasteiger charge is -2.14. The van der Waals surface area contributed by atoms with Gasteiger partial charge < -0.3 is 20.0 Å². The van der Waals surface area contributed by atoms with Crippen molar-refractivity contribution >= 4 is 23.6 Å². The van der Waals surface area contributed by atoms with Gasteiger partial charge in [0, 0.05) is 5.56 Å². The summed E-state index contributed by atoms with van der Waals surface area (Å²) < 4.78 is 45.9. The summed E-state index contributed by atoms with van der Waals surface area (Å²) in [5, 5.41) is 21.4. The van der Waals surface area contributed by atoms with Gasteiger partial charge in [-0.2, -0.15) is 18.4 Å². The number of carbonyl (C=O) groups excluding carboxylic acids is 2. The second-order valence-electron chi connectivity index (χ2n) is 5.74. The molecule has 0 saturated heterocycles. The molecule has 0 aliphatic rings. The summed E-state index contributed by atoms with van der Waals surface area (Å²) in [6, 6.07) is 8.47. The number of nitrogens with zero attached hydrogens (tertiary/aromatic N) is 2. The van der Waals surface area contributed by atoms with E-state index in [1.165, 1.54) is 18.2 Å². The van der Waals surface area contributed by atoms with Crippen LogP contribution in [0.3, 0.4) is 0 Å². The average Bonchev–Trinajstić information content (AvgIpc) is 2.70. The van der Waals surface area contributed by atoms with Crippen molar-refractivity contribution < 1.29 is 32.6 Å². The summed E-state index contributed by atoms with van der Waals surface area (Å²) in [7, 11) is 0. The van der Waals surface area contributed by atoms with Crippen LogP contribution >= 0.6 is 11.8 Å². The van der Waals surface area contributed by atoms with E-state index >= 15 is 0 Å². The molecule has 0 unspecified atom stereocenters. The van der Waals surface area contributed by atoms with Crippen LogP contribution in [0.25, 0.3) is 11.3 Å². The quantitative estimate of drug-likeness (QED) is 0.627. The predicted octanol–water partition coefficient (Wildman–Crippen LogP) is 2.00. The Morgan fingerprint density at radius 1 is 1.30 bits per heavy atom. The zero-order chi connectivity index (χ0) is 22.3. The Morgan fingerprint density at radius 3 is 2.50 bits per heavy atom. The predicted molar refractivity (Wildman–Crippen MR) is 99.3 cm³/mol. The number of carboxylic acid groups (broad SMARTS) is 1. The molecule has 2 aromatic rings. The Bertz CT molecular complexity index is 973. The second kappa shape index (κ2) is 9.98. The van der Waals surface area contributed by atoms with Crippen LogP contribution in [0.4, 0.5) is 13.2 Å². The monoisotopic (exact) mass is 438 g/mol. The molecule has 0 aliphatic carbocycles. The van der Waals surface area contributed by atoms with Crippen LogP contribution in [-0.2, 0) is 15.8 Å². The van der Waals surface area contributed by atoms with Gasteiger partial charge in [-0.25, -0.2) is 4.98 Å². The number of amides is 1. The number of nitriles is 1. The summed E-state index contributed by atoms with van der Waals surface area (Å²) in [4.78, 5) is 26.2. The molecule has 1 amide bonds. The fourth-order valence-electron chi connectivity index (χ4n) is 2.35. The summed E-state index contributed by atoms with van der Waals surface area (Å²) in [5.74, 6) is -2.17. The molecular weight excluding hydrogens is 423 g/mol. The lowest BCUT2D eigenvalue weighted by Crippen LogP contribution is -2.38. The van der Waals surface area contributed by atoms with E-state index in [0.717, 1.165) is 6.07 Å². The van der Waals surface area contributed by atoms with Gasteiger partial charge in [0.25, 0.3) is 0 Å². The van der Waals surface area contributed by atoms with E-state index in [2.05, 4.69) is 4.98 Å². The van der Waals surface area contributed by atoms with Gasteiger partial charge in [0.15, 0.2) is 0 Å². The molecule has 7 nitrogen and oxygen atoms in total. The van der Waals surface area contributed by atoms with Crippen molar-refractivity contribution in [3.63, 3.8) is 0 Å². The van der Waals surface area contributed by atoms with E-state index < -0.39 is 41.5 Å². The van der Waals surface area contributed by atoms with Crippen molar-refractivity contribution in [2.75, 3.05) is 18.9 Å². The van der Waals surface area contributed by atoms with Gasteiger partial charge in [-0.15, -0.1) is 0 Å². The van der Waals surface area contributed by atoms with Gasteiger partial charge in [0.1, 0.15) is 16.8 Å². The molecule has 0 aliphatic heterocycles. The zero-order valence-electron chi connectivity index (χ0n) is 15.6. The number of aromatic nitrogens is 1. The topological polar surface area (TPSA) is 115 Å². The number of ether oxygens (including phenoxy) is 1. The second-order valence-corrected chi connectivity index (χ2v) is 6.70. The number of halogens is 3. The van der Waals surface area contributed by atoms with Gasteiger partial charge in [0.2, 0.25) is 5.91 Å². The van der Waals surface area contributed by atoms with E-state index in [1.807, 2.05) is 5.32 Å². The largest absolute Gasteiger partial charge is 0.548 e. The van der Waals surface area contributed by atoms with E-state index in [4.69, 9.17) is 4.74 Å². The van der Waals surface area contributed by atoms with Crippen LogP contribution < -0.4 is 15.2 Å². The van der Waals surface area contributed by atoms with E-state index in [1.54, 1.807) is 19.1 Å². The van der Waals surface area contributed by atoms with Gasteiger partial charge in [0.05, 0.1) is 41.7 Å². The standard InChI is InChI=1S/C19H16F3N3O4S/c1-2-29-12-5-3-11(4-6-12)15-7-14(19(20,21)22)13(8-23)18(25-15)30-10-16(26)24-9-17(27)28/h3-7H,2,9-10H2,1H3,(H,24,26)(H,27,28)/p-1. The molecule has 0 atom stereocenters. The Hall–Kier alpha value is -3.26. The minimum Gasteiger partial charge on any atom is -0.548 e. The van der Waals surface area contributed by atoms with Crippen molar-refractivity contribution in [3.8, 4) is 23.1 Å². The zero-order valence-corrected chi connectivity index (χ0v) is 16.4. The van der Waals surface area contributed by atoms with Crippen molar-refractivity contribution in [1.82, 2.24) is 10.3 Å². The number of benzene rings is 1. The fraction of sp³-hybridized carbons (Fsp3) is 0.263. The normalized spacial score (nSPS) is 10.9. The minimum atomic E-state index is -4.82. The number of nitrogens with one attached hydrogen (secondary N) is 1. The molecule has 30 heavy (non-hydrogen) atoms. The third-order valence-electron chi connectivity index (χ3n) is 3.63. The van der Waals surface area contributed by atoms with Crippen LogP contribution in [0.5, 0.6) is 5.75 Å². The lowest BCUT2D eigenvalue weighted by molar-refractivity contribution is -0.304. The van der Waals surface area contributed by atoms with Crippen molar-refractivity contribution in [1.29, 1.82) is 5.26 Å². The number of hydrogen-bond acceptors (Lipinski definition) is 7. The molecule has 0 bridgehead atoms. The Balaban J connectivity index is 2.41. The molecule has 1 heterocycles. The summed E-state index contributed by atoms with van der Waals surface area (Å²) in [6.45, 7) is 1.48. The molecule has 11 heteroatoms. The summed E-state index contributed by atoms with van der Waals surface area (Å²) >= 11 is 0.598. The van der Waals surface area contributed by atoms with Crippen molar-refractivity contribution in [3.05, 3.63) is 41.5 Å². The van der Waals surface area contributed by atoms with Crippen LogP contribution in [0.1, 0.15) is 18.1 Å². The van der Waals surface area contributed by atoms with Gasteiger partial charge >= 0.3 is 6.18 Å². The maximum atomic E-state index is 13.5. The number of aliphatic carboxylic acids is 1. The third kappa shape index (κ3) is 6.12. The van der Waals surface area contributed by atoms with E-state index in [0.29, 0.717) is 29.7 Å². The minimum absolute atomic E-state index is 0.0398. The Kier molecular flexibility index (Phi) is 7.66. The number of carboxylic acids is 1. The smallest absolute Gasteiger partial charge is 0.417 e. The molecule has 2 rings (SSSR count). The van der Waals surface area contributed by atoms with E-state index in [-0.39, 0.29) is 10.7 Å². The van der Waals surface area contributed by atoms with Crippen molar-refractivity contribution in [2.45, 2.75) is 18.1 Å².